The quantitative estimate of drug-likeness (QED) is 0.374. The number of ether oxygens (including phenoxy) is 1. The summed E-state index contributed by atoms with van der Waals surface area (Å²) in [5, 5.41) is 7.28. The van der Waals surface area contributed by atoms with Gasteiger partial charge in [0.1, 0.15) is 12.0 Å². The summed E-state index contributed by atoms with van der Waals surface area (Å²) in [6.07, 6.45) is -1.76. The highest BCUT2D eigenvalue weighted by molar-refractivity contribution is 7.95. The molecule has 0 spiro atoms. The number of hydrogen-bond acceptors (Lipinski definition) is 6. The fourth-order valence-electron chi connectivity index (χ4n) is 1.000. The molecule has 0 aliphatic heterocycles. The molecule has 0 amide bonds. The molecule has 0 aromatic heterocycles. The second-order valence-corrected chi connectivity index (χ2v) is 4.05. The molecule has 5 nitrogen and oxygen atoms in total. The average Bonchev–Trinajstić information content (AvgIpc) is 2.37. The first-order chi connectivity index (χ1) is 8.47. The predicted octanol–water partition coefficient (Wildman–Crippen LogP) is 2.89. The van der Waals surface area contributed by atoms with Gasteiger partial charge in [-0.1, -0.05) is 23.2 Å². The van der Waals surface area contributed by atoms with Gasteiger partial charge in [0.25, 0.3) is 0 Å². The summed E-state index contributed by atoms with van der Waals surface area (Å²) in [7, 11) is 0. The van der Waals surface area contributed by atoms with Crippen LogP contribution in [-0.4, -0.2) is 22.6 Å². The summed E-state index contributed by atoms with van der Waals surface area (Å²) in [6, 6.07) is 7.71. The highest BCUT2D eigenvalue weighted by Crippen LogP contribution is 2.35. The van der Waals surface area contributed by atoms with Crippen LogP contribution in [0.4, 0.5) is 8.78 Å². The van der Waals surface area contributed by atoms with Gasteiger partial charge < -0.3 is 4.74 Å². The van der Waals surface area contributed by atoms with Gasteiger partial charge >= 0.3 is 11.2 Å². The summed E-state index contributed by atoms with van der Waals surface area (Å²) in [6.45, 7) is 0.995. The minimum absolute atomic E-state index is 0.157. The van der Waals surface area contributed by atoms with Crippen LogP contribution >= 0.6 is 12.0 Å². The van der Waals surface area contributed by atoms with Crippen LogP contribution in [0.5, 0.6) is 0 Å². The van der Waals surface area contributed by atoms with Crippen molar-refractivity contribution >= 4 is 18.0 Å². The molecule has 1 atom stereocenters. The first-order valence-electron chi connectivity index (χ1n) is 4.77. The summed E-state index contributed by atoms with van der Waals surface area (Å²) in [5.74, 6) is -0.881. The molecular formula is C10H10F2O5S. The summed E-state index contributed by atoms with van der Waals surface area (Å²) >= 11 is -0.459. The Morgan fingerprint density at radius 2 is 2.00 bits per heavy atom. The number of hydrogen-bond donors (Lipinski definition) is 1. The maximum Gasteiger partial charge on any atom is 0.356 e. The average molecular weight is 280 g/mol. The minimum Gasteiger partial charge on any atom is -0.452 e. The number of carbonyl (C=O) groups is 1. The zero-order valence-electron chi connectivity index (χ0n) is 9.21. The van der Waals surface area contributed by atoms with Crippen molar-refractivity contribution in [2.75, 3.05) is 0 Å². The van der Waals surface area contributed by atoms with Crippen molar-refractivity contribution in [3.8, 4) is 0 Å². The Morgan fingerprint density at radius 3 is 2.56 bits per heavy atom. The number of rotatable bonds is 6. The first kappa shape index (κ1) is 14.8. The van der Waals surface area contributed by atoms with Gasteiger partial charge in [-0.15, -0.1) is 4.33 Å². The van der Waals surface area contributed by atoms with Gasteiger partial charge in [-0.25, -0.2) is 10.1 Å². The normalized spacial score (nSPS) is 13.1. The molecule has 18 heavy (non-hydrogen) atoms. The number of benzene rings is 1. The van der Waals surface area contributed by atoms with Gasteiger partial charge in [0.2, 0.25) is 0 Å². The lowest BCUT2D eigenvalue weighted by Crippen LogP contribution is -2.32. The molecule has 100 valence electrons. The molecule has 1 rings (SSSR count). The van der Waals surface area contributed by atoms with Gasteiger partial charge in [0.05, 0.1) is 5.56 Å². The Morgan fingerprint density at radius 1 is 1.39 bits per heavy atom. The minimum atomic E-state index is -3.56. The van der Waals surface area contributed by atoms with E-state index in [9.17, 15) is 13.6 Å². The molecule has 0 bridgehead atoms. The summed E-state index contributed by atoms with van der Waals surface area (Å²) < 4.78 is 34.7. The Labute approximate surface area is 106 Å². The van der Waals surface area contributed by atoms with Crippen molar-refractivity contribution in [3.63, 3.8) is 0 Å². The van der Waals surface area contributed by atoms with Crippen molar-refractivity contribution in [2.24, 2.45) is 0 Å². The van der Waals surface area contributed by atoms with Crippen LogP contribution in [0.1, 0.15) is 17.3 Å². The molecule has 0 radical (unpaired) electrons. The number of carbonyl (C=O) groups excluding carboxylic acids is 1. The van der Waals surface area contributed by atoms with Crippen LogP contribution in [-0.2, 0) is 14.1 Å². The Hall–Kier alpha value is -1.22. The van der Waals surface area contributed by atoms with Crippen LogP contribution < -0.4 is 0 Å². The molecule has 0 saturated heterocycles. The molecule has 0 fully saturated rings. The van der Waals surface area contributed by atoms with Crippen molar-refractivity contribution in [1.29, 1.82) is 0 Å². The van der Waals surface area contributed by atoms with E-state index in [-0.39, 0.29) is 5.56 Å². The van der Waals surface area contributed by atoms with Crippen molar-refractivity contribution in [3.05, 3.63) is 35.9 Å². The second-order valence-electron chi connectivity index (χ2n) is 3.20. The molecule has 1 aromatic rings. The van der Waals surface area contributed by atoms with Crippen LogP contribution in [0.15, 0.2) is 30.3 Å². The third kappa shape index (κ3) is 4.22. The molecule has 0 saturated carbocycles. The fourth-order valence-corrected chi connectivity index (χ4v) is 1.30. The van der Waals surface area contributed by atoms with E-state index in [1.54, 1.807) is 18.2 Å². The van der Waals surface area contributed by atoms with E-state index in [1.165, 1.54) is 12.1 Å². The highest BCUT2D eigenvalue weighted by atomic mass is 32.2. The van der Waals surface area contributed by atoms with Crippen molar-refractivity contribution in [2.45, 2.75) is 18.3 Å². The largest absolute Gasteiger partial charge is 0.452 e. The third-order valence-electron chi connectivity index (χ3n) is 1.94. The molecule has 0 aliphatic carbocycles. The van der Waals surface area contributed by atoms with Crippen LogP contribution in [0, 0.1) is 0 Å². The monoisotopic (exact) mass is 280 g/mol. The first-order valence-corrected chi connectivity index (χ1v) is 5.51. The van der Waals surface area contributed by atoms with Crippen LogP contribution in [0.25, 0.3) is 0 Å². The predicted molar refractivity (Wildman–Crippen MR) is 58.7 cm³/mol. The van der Waals surface area contributed by atoms with Crippen LogP contribution in [0.2, 0.25) is 0 Å². The molecule has 8 heteroatoms. The molecule has 1 unspecified atom stereocenters. The summed E-state index contributed by atoms with van der Waals surface area (Å²) in [5.41, 5.74) is 0.157. The van der Waals surface area contributed by atoms with Gasteiger partial charge in [-0.2, -0.15) is 8.78 Å². The van der Waals surface area contributed by atoms with Crippen molar-refractivity contribution in [1.82, 2.24) is 0 Å². The van der Waals surface area contributed by atoms with E-state index in [1.807, 2.05) is 0 Å². The smallest absolute Gasteiger partial charge is 0.356 e. The Bertz CT molecular complexity index is 387. The zero-order valence-corrected chi connectivity index (χ0v) is 10.0. The summed E-state index contributed by atoms with van der Waals surface area (Å²) in [4.78, 5) is 11.5. The van der Waals surface area contributed by atoms with E-state index >= 15 is 0 Å². The topological polar surface area (TPSA) is 65.0 Å². The molecular weight excluding hydrogens is 270 g/mol. The zero-order chi connectivity index (χ0) is 13.6. The molecule has 1 N–H and O–H groups in total. The fraction of sp³-hybridized carbons (Fsp3) is 0.300. The highest BCUT2D eigenvalue weighted by Gasteiger charge is 2.42. The van der Waals surface area contributed by atoms with E-state index in [0.29, 0.717) is 0 Å². The Kier molecular flexibility index (Phi) is 5.48. The third-order valence-corrected chi connectivity index (χ3v) is 2.63. The SMILES string of the molecule is CC(OC(=O)c1ccccc1)C(F)(F)SOOO. The maximum atomic E-state index is 13.2. The van der Waals surface area contributed by atoms with Gasteiger partial charge in [-0.05, 0) is 19.1 Å². The van der Waals surface area contributed by atoms with Crippen molar-refractivity contribution < 1.29 is 32.9 Å². The molecule has 0 aliphatic rings. The number of alkyl halides is 2. The van der Waals surface area contributed by atoms with Gasteiger partial charge in [-0.3, -0.25) is 0 Å². The molecule has 0 heterocycles. The van der Waals surface area contributed by atoms with Crippen LogP contribution in [0.3, 0.4) is 0 Å². The lowest BCUT2D eigenvalue weighted by Gasteiger charge is -2.20. The van der Waals surface area contributed by atoms with Gasteiger partial charge in [0.15, 0.2) is 6.10 Å². The maximum absolute atomic E-state index is 13.2. The lowest BCUT2D eigenvalue weighted by molar-refractivity contribution is -0.433. The standard InChI is InChI=1S/C10H10F2O5S/c1-7(10(11,12)18-17-16-14)15-9(13)8-5-3-2-4-6-8/h2-7,14H,1H3. The molecule has 1 aromatic carbocycles. The van der Waals surface area contributed by atoms with E-state index in [0.717, 1.165) is 6.92 Å². The Balaban J connectivity index is 2.59. The van der Waals surface area contributed by atoms with E-state index < -0.39 is 29.4 Å². The number of esters is 1. The van der Waals surface area contributed by atoms with E-state index in [4.69, 9.17) is 5.26 Å². The number of halogens is 2. The second kappa shape index (κ2) is 6.64. The van der Waals surface area contributed by atoms with Gasteiger partial charge in [0, 0.05) is 0 Å². The lowest BCUT2D eigenvalue weighted by atomic mass is 10.2. The van der Waals surface area contributed by atoms with E-state index in [2.05, 4.69) is 14.1 Å².